The molecule has 0 unspecified atom stereocenters. The Morgan fingerprint density at radius 3 is 2.64 bits per heavy atom. The van der Waals surface area contributed by atoms with Crippen LogP contribution in [0.5, 0.6) is 0 Å². The number of hydrogen-bond donors (Lipinski definition) is 1. The maximum atomic E-state index is 4.75. The fourth-order valence-electron chi connectivity index (χ4n) is 2.68. The molecule has 0 saturated heterocycles. The van der Waals surface area contributed by atoms with Crippen LogP contribution >= 0.6 is 11.3 Å². The second-order valence-corrected chi connectivity index (χ2v) is 6.47. The Bertz CT molecular complexity index is 818. The number of benzene rings is 2. The van der Waals surface area contributed by atoms with Crippen LogP contribution in [0, 0.1) is 0 Å². The second kappa shape index (κ2) is 5.78. The molecule has 3 heteroatoms. The Morgan fingerprint density at radius 1 is 0.909 bits per heavy atom. The van der Waals surface area contributed by atoms with Crippen LogP contribution in [0.3, 0.4) is 0 Å². The van der Waals surface area contributed by atoms with Crippen LogP contribution < -0.4 is 5.32 Å². The van der Waals surface area contributed by atoms with Crippen molar-refractivity contribution in [2.45, 2.75) is 12.8 Å². The number of aromatic nitrogens is 1. The average molecular weight is 304 g/mol. The molecular formula is C19H16N2S. The predicted octanol–water partition coefficient (Wildman–Crippen LogP) is 5.16. The normalized spacial score (nSPS) is 13.3. The van der Waals surface area contributed by atoms with E-state index in [0.717, 1.165) is 23.7 Å². The zero-order chi connectivity index (χ0) is 14.8. The third-order valence-corrected chi connectivity index (χ3v) is 4.90. The van der Waals surface area contributed by atoms with E-state index in [0.29, 0.717) is 0 Å². The Morgan fingerprint density at radius 2 is 1.73 bits per heavy atom. The van der Waals surface area contributed by atoms with Crippen LogP contribution in [-0.2, 0) is 12.8 Å². The van der Waals surface area contributed by atoms with E-state index in [4.69, 9.17) is 4.98 Å². The maximum absolute atomic E-state index is 4.75. The molecule has 1 N–H and O–H groups in total. The number of nitrogens with zero attached hydrogens (tertiary/aromatic N) is 1. The Balaban J connectivity index is 1.61. The van der Waals surface area contributed by atoms with Crippen molar-refractivity contribution in [3.63, 3.8) is 0 Å². The number of nitrogens with one attached hydrogen (secondary N) is 1. The number of para-hydroxylation sites is 1. The molecule has 0 fully saturated rings. The van der Waals surface area contributed by atoms with E-state index in [1.807, 2.05) is 6.07 Å². The van der Waals surface area contributed by atoms with E-state index in [2.05, 4.69) is 66.0 Å². The molecular weight excluding hydrogens is 288 g/mol. The van der Waals surface area contributed by atoms with Gasteiger partial charge in [-0.05, 0) is 36.1 Å². The molecule has 4 rings (SSSR count). The summed E-state index contributed by atoms with van der Waals surface area (Å²) in [6.07, 6.45) is 6.34. The van der Waals surface area contributed by atoms with Gasteiger partial charge in [0.15, 0.2) is 0 Å². The van der Waals surface area contributed by atoms with Gasteiger partial charge in [-0.3, -0.25) is 0 Å². The molecule has 0 saturated carbocycles. The molecule has 0 spiro atoms. The molecule has 2 aromatic carbocycles. The lowest BCUT2D eigenvalue weighted by molar-refractivity contribution is 0.995. The van der Waals surface area contributed by atoms with E-state index in [1.165, 1.54) is 21.7 Å². The zero-order valence-corrected chi connectivity index (χ0v) is 12.9. The van der Waals surface area contributed by atoms with Gasteiger partial charge >= 0.3 is 0 Å². The highest BCUT2D eigenvalue weighted by Crippen LogP contribution is 2.33. The molecule has 0 amide bonds. The minimum absolute atomic E-state index is 1.02. The van der Waals surface area contributed by atoms with Crippen LogP contribution in [0.1, 0.15) is 21.0 Å². The monoisotopic (exact) mass is 304 g/mol. The van der Waals surface area contributed by atoms with Gasteiger partial charge in [0.2, 0.25) is 0 Å². The molecule has 3 aromatic rings. The fourth-order valence-corrected chi connectivity index (χ4v) is 3.60. The summed E-state index contributed by atoms with van der Waals surface area (Å²) in [5, 5.41) is 4.54. The summed E-state index contributed by atoms with van der Waals surface area (Å²) in [5.41, 5.74) is 3.76. The summed E-state index contributed by atoms with van der Waals surface area (Å²) in [6.45, 7) is 0. The van der Waals surface area contributed by atoms with Crippen LogP contribution in [-0.4, -0.2) is 4.98 Å². The molecule has 0 atom stereocenters. The largest absolute Gasteiger partial charge is 0.339 e. The van der Waals surface area contributed by atoms with Crippen molar-refractivity contribution in [1.29, 1.82) is 0 Å². The lowest BCUT2D eigenvalue weighted by Gasteiger charge is -2.05. The SMILES string of the molecule is C(=C\c1nc2c(s1)CCc1ccccc1N2)/c1ccccc1. The van der Waals surface area contributed by atoms with Gasteiger partial charge in [-0.1, -0.05) is 54.6 Å². The predicted molar refractivity (Wildman–Crippen MR) is 94.6 cm³/mol. The van der Waals surface area contributed by atoms with Crippen molar-refractivity contribution in [2.24, 2.45) is 0 Å². The van der Waals surface area contributed by atoms with Gasteiger partial charge in [0.25, 0.3) is 0 Å². The first kappa shape index (κ1) is 13.3. The summed E-state index contributed by atoms with van der Waals surface area (Å²) in [7, 11) is 0. The zero-order valence-electron chi connectivity index (χ0n) is 12.1. The smallest absolute Gasteiger partial charge is 0.145 e. The summed E-state index contributed by atoms with van der Waals surface area (Å²) < 4.78 is 0. The molecule has 1 aromatic heterocycles. The van der Waals surface area contributed by atoms with Gasteiger partial charge in [0.05, 0.1) is 0 Å². The maximum Gasteiger partial charge on any atom is 0.145 e. The quantitative estimate of drug-likeness (QED) is 0.707. The Labute approximate surface area is 134 Å². The summed E-state index contributed by atoms with van der Waals surface area (Å²) in [6, 6.07) is 18.8. The topological polar surface area (TPSA) is 24.9 Å². The van der Waals surface area contributed by atoms with E-state index in [1.54, 1.807) is 11.3 Å². The highest BCUT2D eigenvalue weighted by molar-refractivity contribution is 7.13. The van der Waals surface area contributed by atoms with Gasteiger partial charge in [0.1, 0.15) is 10.8 Å². The number of fused-ring (bicyclic) bond motifs is 2. The van der Waals surface area contributed by atoms with Crippen molar-refractivity contribution in [3.05, 3.63) is 75.6 Å². The van der Waals surface area contributed by atoms with Crippen LogP contribution in [0.2, 0.25) is 0 Å². The van der Waals surface area contributed by atoms with E-state index >= 15 is 0 Å². The first-order valence-electron chi connectivity index (χ1n) is 7.46. The summed E-state index contributed by atoms with van der Waals surface area (Å²) in [4.78, 5) is 6.08. The fraction of sp³-hybridized carbons (Fsp3) is 0.105. The average Bonchev–Trinajstić information content (AvgIpc) is 2.87. The molecule has 0 aliphatic carbocycles. The number of thiazole rings is 1. The van der Waals surface area contributed by atoms with Gasteiger partial charge in [-0.25, -0.2) is 4.98 Å². The molecule has 2 heterocycles. The Kier molecular flexibility index (Phi) is 3.49. The minimum Gasteiger partial charge on any atom is -0.339 e. The Hall–Kier alpha value is -2.39. The third-order valence-electron chi connectivity index (χ3n) is 3.82. The van der Waals surface area contributed by atoms with Gasteiger partial charge in [-0.2, -0.15) is 0 Å². The minimum atomic E-state index is 1.02. The number of anilines is 2. The molecule has 1 aliphatic heterocycles. The molecule has 1 aliphatic rings. The lowest BCUT2D eigenvalue weighted by atomic mass is 10.1. The van der Waals surface area contributed by atoms with Gasteiger partial charge in [-0.15, -0.1) is 11.3 Å². The summed E-state index contributed by atoms with van der Waals surface area (Å²) >= 11 is 1.78. The van der Waals surface area contributed by atoms with Crippen molar-refractivity contribution in [2.75, 3.05) is 5.32 Å². The number of hydrogen-bond acceptors (Lipinski definition) is 3. The highest BCUT2D eigenvalue weighted by atomic mass is 32.1. The molecule has 22 heavy (non-hydrogen) atoms. The van der Waals surface area contributed by atoms with E-state index in [9.17, 15) is 0 Å². The van der Waals surface area contributed by atoms with Crippen LogP contribution in [0.4, 0.5) is 11.5 Å². The lowest BCUT2D eigenvalue weighted by Crippen LogP contribution is -1.93. The van der Waals surface area contributed by atoms with Gasteiger partial charge < -0.3 is 5.32 Å². The molecule has 108 valence electrons. The molecule has 2 nitrogen and oxygen atoms in total. The second-order valence-electron chi connectivity index (χ2n) is 5.35. The first-order valence-corrected chi connectivity index (χ1v) is 8.28. The standard InChI is InChI=1S/C19H16N2S/c1-2-6-14(7-3-1)10-13-18-21-19-17(22-18)12-11-15-8-4-5-9-16(15)20-19/h1-10,13,20H,11-12H2/b13-10+. The van der Waals surface area contributed by atoms with E-state index in [-0.39, 0.29) is 0 Å². The highest BCUT2D eigenvalue weighted by Gasteiger charge is 2.16. The van der Waals surface area contributed by atoms with Crippen molar-refractivity contribution < 1.29 is 0 Å². The van der Waals surface area contributed by atoms with Crippen molar-refractivity contribution >= 4 is 35.0 Å². The van der Waals surface area contributed by atoms with Crippen LogP contribution in [0.25, 0.3) is 12.2 Å². The summed E-state index contributed by atoms with van der Waals surface area (Å²) in [5.74, 6) is 1.02. The third kappa shape index (κ3) is 2.68. The number of rotatable bonds is 2. The van der Waals surface area contributed by atoms with Crippen molar-refractivity contribution in [3.8, 4) is 0 Å². The van der Waals surface area contributed by atoms with Crippen molar-refractivity contribution in [1.82, 2.24) is 4.98 Å². The first-order chi connectivity index (χ1) is 10.9. The molecule has 0 bridgehead atoms. The molecule has 0 radical (unpaired) electrons. The van der Waals surface area contributed by atoms with Crippen LogP contribution in [0.15, 0.2) is 54.6 Å². The number of aryl methyl sites for hydroxylation is 2. The van der Waals surface area contributed by atoms with E-state index < -0.39 is 0 Å². The van der Waals surface area contributed by atoms with Gasteiger partial charge in [0, 0.05) is 10.6 Å².